The third-order valence-corrected chi connectivity index (χ3v) is 1.70. The molecule has 2 aromatic rings. The first-order valence-electron chi connectivity index (χ1n) is 4.01. The van der Waals surface area contributed by atoms with Crippen molar-refractivity contribution in [3.63, 3.8) is 0 Å². The molecule has 3 nitrogen and oxygen atoms in total. The predicted octanol–water partition coefficient (Wildman–Crippen LogP) is 2.52. The summed E-state index contributed by atoms with van der Waals surface area (Å²) in [5.74, 6) is 0.358. The number of aromatic nitrogens is 2. The highest BCUT2D eigenvalue weighted by molar-refractivity contribution is 5.55. The van der Waals surface area contributed by atoms with Crippen LogP contribution in [0, 0.1) is 5.82 Å². The molecule has 0 aliphatic rings. The van der Waals surface area contributed by atoms with Gasteiger partial charge in [-0.05, 0) is 18.2 Å². The molecule has 1 aromatic carbocycles. The van der Waals surface area contributed by atoms with E-state index >= 15 is 0 Å². The molecule has 0 saturated carbocycles. The number of hydrogen-bond donors (Lipinski definition) is 0. The molecule has 14 heavy (non-hydrogen) atoms. The topological polar surface area (TPSA) is 38.9 Å². The molecule has 0 N–H and O–H groups in total. The summed E-state index contributed by atoms with van der Waals surface area (Å²) >= 11 is 0. The van der Waals surface area contributed by atoms with Gasteiger partial charge in [-0.1, -0.05) is 23.9 Å². The minimum Gasteiger partial charge on any atom is -0.334 e. The molecule has 0 spiro atoms. The Bertz CT molecular complexity index is 465. The van der Waals surface area contributed by atoms with Crippen LogP contribution in [0.3, 0.4) is 0 Å². The maximum atomic E-state index is 12.8. The maximum absolute atomic E-state index is 12.8. The molecular formula is C10H7FN2O. The van der Waals surface area contributed by atoms with E-state index in [1.807, 2.05) is 0 Å². The minimum absolute atomic E-state index is 0.323. The van der Waals surface area contributed by atoms with E-state index in [0.29, 0.717) is 17.3 Å². The predicted molar refractivity (Wildman–Crippen MR) is 49.8 cm³/mol. The van der Waals surface area contributed by atoms with Crippen LogP contribution in [0.4, 0.5) is 4.39 Å². The third kappa shape index (κ3) is 1.54. The van der Waals surface area contributed by atoms with Gasteiger partial charge < -0.3 is 4.52 Å². The van der Waals surface area contributed by atoms with Gasteiger partial charge in [0, 0.05) is 5.56 Å². The second-order valence-corrected chi connectivity index (χ2v) is 2.67. The van der Waals surface area contributed by atoms with E-state index < -0.39 is 0 Å². The number of benzene rings is 1. The summed E-state index contributed by atoms with van der Waals surface area (Å²) in [6.45, 7) is 3.49. The second-order valence-electron chi connectivity index (χ2n) is 2.67. The van der Waals surface area contributed by atoms with Crippen molar-refractivity contribution < 1.29 is 8.91 Å². The van der Waals surface area contributed by atoms with E-state index in [1.165, 1.54) is 18.2 Å². The van der Waals surface area contributed by atoms with Crippen molar-refractivity contribution in [2.45, 2.75) is 0 Å². The van der Waals surface area contributed by atoms with Gasteiger partial charge in [0.15, 0.2) is 0 Å². The van der Waals surface area contributed by atoms with Crippen LogP contribution in [0.5, 0.6) is 0 Å². The van der Waals surface area contributed by atoms with Gasteiger partial charge in [0.05, 0.1) is 0 Å². The number of rotatable bonds is 2. The summed E-state index contributed by atoms with van der Waals surface area (Å²) in [6.07, 6.45) is 1.44. The summed E-state index contributed by atoms with van der Waals surface area (Å²) in [4.78, 5) is 3.98. The molecular weight excluding hydrogens is 183 g/mol. The van der Waals surface area contributed by atoms with Gasteiger partial charge in [-0.3, -0.25) is 0 Å². The van der Waals surface area contributed by atoms with Gasteiger partial charge in [-0.25, -0.2) is 4.39 Å². The van der Waals surface area contributed by atoms with Crippen molar-refractivity contribution in [2.24, 2.45) is 0 Å². The molecule has 0 fully saturated rings. The Kier molecular flexibility index (Phi) is 2.10. The normalized spacial score (nSPS) is 10.1. The number of halogens is 1. The zero-order valence-electron chi connectivity index (χ0n) is 7.27. The van der Waals surface area contributed by atoms with Crippen molar-refractivity contribution in [3.05, 3.63) is 42.6 Å². The van der Waals surface area contributed by atoms with Gasteiger partial charge >= 0.3 is 0 Å². The van der Waals surface area contributed by atoms with Gasteiger partial charge in [0.2, 0.25) is 11.7 Å². The Morgan fingerprint density at radius 2 is 2.29 bits per heavy atom. The molecule has 4 heteroatoms. The lowest BCUT2D eigenvalue weighted by Crippen LogP contribution is -1.81. The third-order valence-electron chi connectivity index (χ3n) is 1.70. The fourth-order valence-electron chi connectivity index (χ4n) is 1.06. The van der Waals surface area contributed by atoms with Gasteiger partial charge in [-0.2, -0.15) is 4.98 Å². The molecule has 0 radical (unpaired) electrons. The maximum Gasteiger partial charge on any atom is 0.250 e. The summed E-state index contributed by atoms with van der Waals surface area (Å²) in [7, 11) is 0. The largest absolute Gasteiger partial charge is 0.334 e. The van der Waals surface area contributed by atoms with E-state index in [2.05, 4.69) is 16.7 Å². The van der Waals surface area contributed by atoms with Crippen LogP contribution in [-0.2, 0) is 0 Å². The molecule has 0 atom stereocenters. The minimum atomic E-state index is -0.326. The zero-order valence-corrected chi connectivity index (χ0v) is 7.27. The Labute approximate surface area is 79.9 Å². The SMILES string of the molecule is C=Cc1nc(-c2cccc(F)c2)no1. The molecule has 0 bridgehead atoms. The van der Waals surface area contributed by atoms with Crippen molar-refractivity contribution in [1.82, 2.24) is 10.1 Å². The lowest BCUT2D eigenvalue weighted by atomic mass is 10.2. The molecule has 1 heterocycles. The van der Waals surface area contributed by atoms with E-state index in [0.717, 1.165) is 0 Å². The molecule has 70 valence electrons. The molecule has 2 rings (SSSR count). The molecule has 0 aliphatic carbocycles. The Morgan fingerprint density at radius 1 is 1.43 bits per heavy atom. The molecule has 0 amide bonds. The molecule has 0 saturated heterocycles. The van der Waals surface area contributed by atoms with E-state index in [9.17, 15) is 4.39 Å². The summed E-state index contributed by atoms with van der Waals surface area (Å²) < 4.78 is 17.6. The van der Waals surface area contributed by atoms with Crippen LogP contribution in [-0.4, -0.2) is 10.1 Å². The number of nitrogens with zero attached hydrogens (tertiary/aromatic N) is 2. The van der Waals surface area contributed by atoms with Crippen molar-refractivity contribution in [1.29, 1.82) is 0 Å². The lowest BCUT2D eigenvalue weighted by Gasteiger charge is -1.92. The van der Waals surface area contributed by atoms with Crippen LogP contribution in [0.2, 0.25) is 0 Å². The first-order valence-corrected chi connectivity index (χ1v) is 4.01. The second kappa shape index (κ2) is 3.41. The van der Waals surface area contributed by atoms with Crippen LogP contribution in [0.1, 0.15) is 5.89 Å². The van der Waals surface area contributed by atoms with Crippen LogP contribution < -0.4 is 0 Å². The quantitative estimate of drug-likeness (QED) is 0.730. The van der Waals surface area contributed by atoms with Crippen LogP contribution in [0.25, 0.3) is 17.5 Å². The van der Waals surface area contributed by atoms with Crippen molar-refractivity contribution >= 4 is 6.08 Å². The van der Waals surface area contributed by atoms with Gasteiger partial charge in [0.1, 0.15) is 5.82 Å². The molecule has 0 unspecified atom stereocenters. The fourth-order valence-corrected chi connectivity index (χ4v) is 1.06. The average molecular weight is 190 g/mol. The van der Waals surface area contributed by atoms with Crippen LogP contribution >= 0.6 is 0 Å². The standard InChI is InChI=1S/C10H7FN2O/c1-2-9-12-10(13-14-9)7-4-3-5-8(11)6-7/h2-6H,1H2. The fraction of sp³-hybridized carbons (Fsp3) is 0. The Hall–Kier alpha value is -1.97. The van der Waals surface area contributed by atoms with E-state index in [1.54, 1.807) is 12.1 Å². The van der Waals surface area contributed by atoms with Crippen LogP contribution in [0.15, 0.2) is 35.4 Å². The zero-order chi connectivity index (χ0) is 9.97. The Morgan fingerprint density at radius 3 is 2.93 bits per heavy atom. The van der Waals surface area contributed by atoms with Crippen molar-refractivity contribution in [2.75, 3.05) is 0 Å². The van der Waals surface area contributed by atoms with E-state index in [4.69, 9.17) is 4.52 Å². The van der Waals surface area contributed by atoms with E-state index in [-0.39, 0.29) is 5.82 Å². The van der Waals surface area contributed by atoms with Gasteiger partial charge in [-0.15, -0.1) is 0 Å². The smallest absolute Gasteiger partial charge is 0.250 e. The Balaban J connectivity index is 2.43. The van der Waals surface area contributed by atoms with Gasteiger partial charge in [0.25, 0.3) is 0 Å². The summed E-state index contributed by atoms with van der Waals surface area (Å²) in [6, 6.07) is 6.01. The summed E-state index contributed by atoms with van der Waals surface area (Å²) in [5, 5.41) is 3.67. The van der Waals surface area contributed by atoms with Crippen molar-refractivity contribution in [3.8, 4) is 11.4 Å². The highest BCUT2D eigenvalue weighted by atomic mass is 19.1. The molecule has 1 aromatic heterocycles. The monoisotopic (exact) mass is 190 g/mol. The highest BCUT2D eigenvalue weighted by Gasteiger charge is 2.06. The molecule has 0 aliphatic heterocycles. The number of hydrogen-bond acceptors (Lipinski definition) is 3. The average Bonchev–Trinajstić information content (AvgIpc) is 2.66. The lowest BCUT2D eigenvalue weighted by molar-refractivity contribution is 0.411. The first-order chi connectivity index (χ1) is 6.79. The first kappa shape index (κ1) is 8.62. The summed E-state index contributed by atoms with van der Waals surface area (Å²) in [5.41, 5.74) is 0.585. The highest BCUT2D eigenvalue weighted by Crippen LogP contribution is 2.16.